The molecule has 7 nitrogen and oxygen atoms in total. The molecule has 0 aliphatic heterocycles. The number of rotatable bonds is 3. The largest absolute Gasteiger partial charge is 0.335 e. The second-order valence-electron chi connectivity index (χ2n) is 4.44. The lowest BCUT2D eigenvalue weighted by Crippen LogP contribution is -2.06. The van der Waals surface area contributed by atoms with Crippen molar-refractivity contribution < 1.29 is 4.92 Å². The van der Waals surface area contributed by atoms with Crippen LogP contribution in [0.1, 0.15) is 31.3 Å². The first kappa shape index (κ1) is 12.3. The fourth-order valence-corrected chi connectivity index (χ4v) is 1.96. The first-order valence-electron chi connectivity index (χ1n) is 5.65. The average molecular weight is 249 g/mol. The van der Waals surface area contributed by atoms with Crippen LogP contribution in [0.3, 0.4) is 0 Å². The summed E-state index contributed by atoms with van der Waals surface area (Å²) in [5.41, 5.74) is 0.541. The van der Waals surface area contributed by atoms with E-state index in [9.17, 15) is 10.1 Å². The van der Waals surface area contributed by atoms with Crippen LogP contribution in [-0.4, -0.2) is 24.3 Å². The highest BCUT2D eigenvalue weighted by Crippen LogP contribution is 2.31. The minimum absolute atomic E-state index is 0.00539. The Morgan fingerprint density at radius 1 is 1.44 bits per heavy atom. The molecular weight excluding hydrogens is 234 g/mol. The van der Waals surface area contributed by atoms with Gasteiger partial charge in [-0.2, -0.15) is 5.10 Å². The van der Waals surface area contributed by atoms with Crippen molar-refractivity contribution >= 4 is 5.69 Å². The van der Waals surface area contributed by atoms with E-state index < -0.39 is 0 Å². The molecule has 7 heteroatoms. The number of hydrogen-bond donors (Lipinski definition) is 0. The quantitative estimate of drug-likeness (QED) is 0.615. The van der Waals surface area contributed by atoms with Gasteiger partial charge in [-0.25, -0.2) is 9.67 Å². The first-order chi connectivity index (χ1) is 8.43. The molecule has 0 amide bonds. The summed E-state index contributed by atoms with van der Waals surface area (Å²) in [5.74, 6) is 1.13. The second kappa shape index (κ2) is 4.25. The number of imidazole rings is 1. The van der Waals surface area contributed by atoms with Crippen LogP contribution in [0.4, 0.5) is 5.69 Å². The van der Waals surface area contributed by atoms with E-state index in [1.165, 1.54) is 4.68 Å². The highest BCUT2D eigenvalue weighted by Gasteiger charge is 2.29. The Hall–Kier alpha value is -2.18. The molecule has 0 fully saturated rings. The van der Waals surface area contributed by atoms with Crippen molar-refractivity contribution in [3.8, 4) is 5.82 Å². The molecule has 0 saturated heterocycles. The third-order valence-corrected chi connectivity index (χ3v) is 2.80. The summed E-state index contributed by atoms with van der Waals surface area (Å²) in [5, 5.41) is 15.5. The van der Waals surface area contributed by atoms with Gasteiger partial charge in [-0.1, -0.05) is 13.8 Å². The van der Waals surface area contributed by atoms with Crippen LogP contribution in [-0.2, 0) is 7.05 Å². The standard InChI is InChI=1S/C11H15N5O2/c1-7(2)9-10(16(17)18)11(14(4)13-9)15-6-5-12-8(15)3/h5-7H,1-4H3. The van der Waals surface area contributed by atoms with Crippen LogP contribution in [0, 0.1) is 17.0 Å². The highest BCUT2D eigenvalue weighted by atomic mass is 16.6. The Labute approximate surface area is 104 Å². The van der Waals surface area contributed by atoms with Crippen LogP contribution < -0.4 is 0 Å². The van der Waals surface area contributed by atoms with Crippen LogP contribution in [0.5, 0.6) is 0 Å². The average Bonchev–Trinajstić information content (AvgIpc) is 2.81. The van der Waals surface area contributed by atoms with Crippen LogP contribution in [0.15, 0.2) is 12.4 Å². The zero-order chi connectivity index (χ0) is 13.4. The number of aromatic nitrogens is 4. The minimum atomic E-state index is -0.378. The van der Waals surface area contributed by atoms with Crippen LogP contribution in [0.2, 0.25) is 0 Å². The molecule has 0 N–H and O–H groups in total. The Kier molecular flexibility index (Phi) is 2.90. The van der Waals surface area contributed by atoms with E-state index in [2.05, 4.69) is 10.1 Å². The molecular formula is C11H15N5O2. The second-order valence-corrected chi connectivity index (χ2v) is 4.44. The molecule has 96 valence electrons. The van der Waals surface area contributed by atoms with E-state index in [-0.39, 0.29) is 16.5 Å². The van der Waals surface area contributed by atoms with E-state index >= 15 is 0 Å². The van der Waals surface area contributed by atoms with Crippen LogP contribution in [0.25, 0.3) is 5.82 Å². The molecule has 18 heavy (non-hydrogen) atoms. The summed E-state index contributed by atoms with van der Waals surface area (Å²) in [4.78, 5) is 15.0. The summed E-state index contributed by atoms with van der Waals surface area (Å²) in [7, 11) is 1.70. The Bertz CT molecular complexity index is 597. The van der Waals surface area contributed by atoms with E-state index in [1.807, 2.05) is 13.8 Å². The maximum Gasteiger partial charge on any atom is 0.335 e. The lowest BCUT2D eigenvalue weighted by molar-refractivity contribution is -0.385. The van der Waals surface area contributed by atoms with Gasteiger partial charge in [0.2, 0.25) is 5.82 Å². The highest BCUT2D eigenvalue weighted by molar-refractivity contribution is 5.53. The number of nitro groups is 1. The molecule has 0 saturated carbocycles. The van der Waals surface area contributed by atoms with E-state index in [1.54, 1.807) is 30.9 Å². The lowest BCUT2D eigenvalue weighted by atomic mass is 10.1. The molecule has 0 unspecified atom stereocenters. The predicted octanol–water partition coefficient (Wildman–Crippen LogP) is 1.95. The molecule has 2 rings (SSSR count). The third kappa shape index (κ3) is 1.77. The van der Waals surface area contributed by atoms with Crippen molar-refractivity contribution in [1.82, 2.24) is 19.3 Å². The number of nitrogens with zero attached hydrogens (tertiary/aromatic N) is 5. The van der Waals surface area contributed by atoms with Crippen molar-refractivity contribution in [3.63, 3.8) is 0 Å². The molecule has 2 aromatic rings. The molecule has 0 aliphatic carbocycles. The van der Waals surface area contributed by atoms with Crippen LogP contribution >= 0.6 is 0 Å². The summed E-state index contributed by atoms with van der Waals surface area (Å²) >= 11 is 0. The fraction of sp³-hybridized carbons (Fsp3) is 0.455. The van der Waals surface area contributed by atoms with Gasteiger partial charge in [-0.15, -0.1) is 0 Å². The van der Waals surface area contributed by atoms with Gasteiger partial charge in [0.25, 0.3) is 0 Å². The Morgan fingerprint density at radius 2 is 2.11 bits per heavy atom. The van der Waals surface area contributed by atoms with Gasteiger partial charge in [0.1, 0.15) is 11.5 Å². The lowest BCUT2D eigenvalue weighted by Gasteiger charge is -2.04. The molecule has 0 aromatic carbocycles. The maximum atomic E-state index is 11.3. The third-order valence-electron chi connectivity index (χ3n) is 2.80. The smallest absolute Gasteiger partial charge is 0.283 e. The first-order valence-corrected chi connectivity index (χ1v) is 5.65. The Morgan fingerprint density at radius 3 is 2.56 bits per heavy atom. The molecule has 2 aromatic heterocycles. The molecule has 0 atom stereocenters. The van der Waals surface area contributed by atoms with Gasteiger partial charge >= 0.3 is 5.69 Å². The van der Waals surface area contributed by atoms with Gasteiger partial charge in [-0.05, 0) is 6.92 Å². The minimum Gasteiger partial charge on any atom is -0.283 e. The summed E-state index contributed by atoms with van der Waals surface area (Å²) in [6, 6.07) is 0. The van der Waals surface area contributed by atoms with Crippen molar-refractivity contribution in [2.45, 2.75) is 26.7 Å². The number of aryl methyl sites for hydroxylation is 2. The van der Waals surface area contributed by atoms with Gasteiger partial charge in [0, 0.05) is 25.4 Å². The van der Waals surface area contributed by atoms with E-state index in [0.29, 0.717) is 17.3 Å². The van der Waals surface area contributed by atoms with Crippen molar-refractivity contribution in [2.24, 2.45) is 7.05 Å². The van der Waals surface area contributed by atoms with Crippen molar-refractivity contribution in [3.05, 3.63) is 34.0 Å². The van der Waals surface area contributed by atoms with E-state index in [4.69, 9.17) is 0 Å². The summed E-state index contributed by atoms with van der Waals surface area (Å²) in [6.07, 6.45) is 3.31. The predicted molar refractivity (Wildman–Crippen MR) is 65.8 cm³/mol. The van der Waals surface area contributed by atoms with Gasteiger partial charge < -0.3 is 0 Å². The van der Waals surface area contributed by atoms with Gasteiger partial charge in [0.15, 0.2) is 0 Å². The fourth-order valence-electron chi connectivity index (χ4n) is 1.96. The van der Waals surface area contributed by atoms with Crippen molar-refractivity contribution in [2.75, 3.05) is 0 Å². The molecule has 0 radical (unpaired) electrons. The van der Waals surface area contributed by atoms with Gasteiger partial charge in [-0.3, -0.25) is 14.7 Å². The Balaban J connectivity index is 2.75. The normalized spacial score (nSPS) is 11.2. The zero-order valence-corrected chi connectivity index (χ0v) is 10.8. The van der Waals surface area contributed by atoms with Gasteiger partial charge in [0.05, 0.1) is 4.92 Å². The SMILES string of the molecule is Cc1nccn1-c1c([N+](=O)[O-])c(C(C)C)nn1C. The molecule has 2 heterocycles. The van der Waals surface area contributed by atoms with Crippen molar-refractivity contribution in [1.29, 1.82) is 0 Å². The maximum absolute atomic E-state index is 11.3. The molecule has 0 bridgehead atoms. The topological polar surface area (TPSA) is 78.8 Å². The molecule has 0 aliphatic rings. The summed E-state index contributed by atoms with van der Waals surface area (Å²) < 4.78 is 3.21. The van der Waals surface area contributed by atoms with E-state index in [0.717, 1.165) is 0 Å². The zero-order valence-electron chi connectivity index (χ0n) is 10.8. The monoisotopic (exact) mass is 249 g/mol. The number of hydrogen-bond acceptors (Lipinski definition) is 4. The summed E-state index contributed by atoms with van der Waals surface area (Å²) in [6.45, 7) is 5.57. The molecule has 0 spiro atoms.